The first-order chi connectivity index (χ1) is 8.80. The van der Waals surface area contributed by atoms with Crippen molar-refractivity contribution in [1.82, 2.24) is 5.43 Å². The third-order valence-electron chi connectivity index (χ3n) is 3.82. The zero-order valence-corrected chi connectivity index (χ0v) is 11.1. The minimum absolute atomic E-state index is 0.201. The maximum atomic E-state index is 5.72. The number of hydrazine groups is 1. The molecule has 1 fully saturated rings. The zero-order valence-electron chi connectivity index (χ0n) is 11.1. The minimum atomic E-state index is 0.201. The van der Waals surface area contributed by atoms with Gasteiger partial charge in [0.25, 0.3) is 0 Å². The highest BCUT2D eigenvalue weighted by atomic mass is 16.5. The fourth-order valence-electron chi connectivity index (χ4n) is 2.84. The van der Waals surface area contributed by atoms with E-state index in [0.29, 0.717) is 5.92 Å². The molecule has 0 spiro atoms. The van der Waals surface area contributed by atoms with Gasteiger partial charge in [-0.2, -0.15) is 0 Å². The molecule has 1 aliphatic carbocycles. The molecule has 0 radical (unpaired) electrons. The quantitative estimate of drug-likeness (QED) is 0.622. The summed E-state index contributed by atoms with van der Waals surface area (Å²) in [5.74, 6) is 7.85. The average Bonchev–Trinajstić information content (AvgIpc) is 2.93. The standard InChI is InChI=1S/C14H22N2O2/c1-17-12-8-7-11(9-13(12)18-2)14(16-15)10-5-3-4-6-10/h7-10,14,16H,3-6,15H2,1-2H3. The van der Waals surface area contributed by atoms with Gasteiger partial charge in [-0.25, -0.2) is 0 Å². The second-order valence-electron chi connectivity index (χ2n) is 4.80. The fraction of sp³-hybridized carbons (Fsp3) is 0.571. The summed E-state index contributed by atoms with van der Waals surface area (Å²) in [5.41, 5.74) is 4.12. The van der Waals surface area contributed by atoms with Crippen LogP contribution < -0.4 is 20.7 Å². The van der Waals surface area contributed by atoms with E-state index < -0.39 is 0 Å². The first-order valence-electron chi connectivity index (χ1n) is 6.48. The van der Waals surface area contributed by atoms with Gasteiger partial charge in [-0.3, -0.25) is 11.3 Å². The first kappa shape index (κ1) is 13.2. The van der Waals surface area contributed by atoms with Gasteiger partial charge in [0.05, 0.1) is 14.2 Å². The Labute approximate surface area is 108 Å². The minimum Gasteiger partial charge on any atom is -0.493 e. The number of ether oxygens (including phenoxy) is 2. The van der Waals surface area contributed by atoms with Gasteiger partial charge in [-0.05, 0) is 36.5 Å². The second-order valence-corrected chi connectivity index (χ2v) is 4.80. The summed E-state index contributed by atoms with van der Waals surface area (Å²) < 4.78 is 10.6. The molecule has 1 unspecified atom stereocenters. The van der Waals surface area contributed by atoms with Gasteiger partial charge in [0.15, 0.2) is 11.5 Å². The Hall–Kier alpha value is -1.26. The molecule has 4 nitrogen and oxygen atoms in total. The van der Waals surface area contributed by atoms with Gasteiger partial charge in [-0.1, -0.05) is 18.9 Å². The lowest BCUT2D eigenvalue weighted by Crippen LogP contribution is -2.32. The highest BCUT2D eigenvalue weighted by Crippen LogP contribution is 2.38. The SMILES string of the molecule is COc1ccc(C(NN)C2CCCC2)cc1OC. The maximum Gasteiger partial charge on any atom is 0.161 e. The fourth-order valence-corrected chi connectivity index (χ4v) is 2.84. The van der Waals surface area contributed by atoms with Crippen molar-refractivity contribution in [2.45, 2.75) is 31.7 Å². The lowest BCUT2D eigenvalue weighted by molar-refractivity contribution is 0.348. The number of rotatable bonds is 5. The van der Waals surface area contributed by atoms with Crippen molar-refractivity contribution in [2.24, 2.45) is 11.8 Å². The molecule has 1 saturated carbocycles. The van der Waals surface area contributed by atoms with Crippen molar-refractivity contribution in [1.29, 1.82) is 0 Å². The molecule has 0 aromatic heterocycles. The van der Waals surface area contributed by atoms with Gasteiger partial charge in [0.1, 0.15) is 0 Å². The van der Waals surface area contributed by atoms with Crippen LogP contribution in [0.15, 0.2) is 18.2 Å². The van der Waals surface area contributed by atoms with E-state index >= 15 is 0 Å². The third kappa shape index (κ3) is 2.60. The largest absolute Gasteiger partial charge is 0.493 e. The van der Waals surface area contributed by atoms with Crippen LogP contribution in [0.3, 0.4) is 0 Å². The molecule has 0 bridgehead atoms. The summed E-state index contributed by atoms with van der Waals surface area (Å²) >= 11 is 0. The molecular formula is C14H22N2O2. The van der Waals surface area contributed by atoms with Crippen LogP contribution in [0.1, 0.15) is 37.3 Å². The Bertz CT molecular complexity index is 389. The lowest BCUT2D eigenvalue weighted by Gasteiger charge is -2.23. The second kappa shape index (κ2) is 6.07. The van der Waals surface area contributed by atoms with Crippen LogP contribution in [0.5, 0.6) is 11.5 Å². The molecule has 0 aliphatic heterocycles. The van der Waals surface area contributed by atoms with E-state index in [0.717, 1.165) is 11.5 Å². The van der Waals surface area contributed by atoms with Crippen molar-refractivity contribution >= 4 is 0 Å². The van der Waals surface area contributed by atoms with E-state index in [1.165, 1.54) is 31.2 Å². The molecule has 1 atom stereocenters. The Morgan fingerprint density at radius 3 is 2.39 bits per heavy atom. The van der Waals surface area contributed by atoms with Crippen LogP contribution in [0, 0.1) is 5.92 Å². The smallest absolute Gasteiger partial charge is 0.161 e. The maximum absolute atomic E-state index is 5.72. The number of hydrogen-bond acceptors (Lipinski definition) is 4. The normalized spacial score (nSPS) is 17.7. The number of nitrogens with one attached hydrogen (secondary N) is 1. The van der Waals surface area contributed by atoms with E-state index in [9.17, 15) is 0 Å². The molecule has 18 heavy (non-hydrogen) atoms. The average molecular weight is 250 g/mol. The Morgan fingerprint density at radius 1 is 1.17 bits per heavy atom. The molecular weight excluding hydrogens is 228 g/mol. The topological polar surface area (TPSA) is 56.5 Å². The highest BCUT2D eigenvalue weighted by Gasteiger charge is 2.26. The predicted octanol–water partition coefficient (Wildman–Crippen LogP) is 2.40. The number of hydrogen-bond donors (Lipinski definition) is 2. The van der Waals surface area contributed by atoms with Crippen molar-refractivity contribution in [3.8, 4) is 11.5 Å². The molecule has 100 valence electrons. The molecule has 1 aromatic rings. The zero-order chi connectivity index (χ0) is 13.0. The molecule has 1 aliphatic rings. The van der Waals surface area contributed by atoms with Crippen LogP contribution in [-0.2, 0) is 0 Å². The molecule has 0 amide bonds. The van der Waals surface area contributed by atoms with E-state index in [4.69, 9.17) is 15.3 Å². The van der Waals surface area contributed by atoms with Gasteiger partial charge >= 0.3 is 0 Å². The third-order valence-corrected chi connectivity index (χ3v) is 3.82. The molecule has 1 aromatic carbocycles. The summed E-state index contributed by atoms with van der Waals surface area (Å²) in [6, 6.07) is 6.21. The summed E-state index contributed by atoms with van der Waals surface area (Å²) in [5, 5.41) is 0. The van der Waals surface area contributed by atoms with Gasteiger partial charge in [0.2, 0.25) is 0 Å². The predicted molar refractivity (Wildman–Crippen MR) is 71.6 cm³/mol. The van der Waals surface area contributed by atoms with Gasteiger partial charge in [0, 0.05) is 6.04 Å². The lowest BCUT2D eigenvalue weighted by atomic mass is 9.92. The summed E-state index contributed by atoms with van der Waals surface area (Å²) in [4.78, 5) is 0. The molecule has 0 heterocycles. The van der Waals surface area contributed by atoms with E-state index in [1.807, 2.05) is 12.1 Å². The van der Waals surface area contributed by atoms with Gasteiger partial charge in [-0.15, -0.1) is 0 Å². The van der Waals surface area contributed by atoms with Crippen LogP contribution in [0.4, 0.5) is 0 Å². The summed E-state index contributed by atoms with van der Waals surface area (Å²) in [7, 11) is 3.30. The van der Waals surface area contributed by atoms with E-state index in [1.54, 1.807) is 14.2 Å². The molecule has 3 N–H and O–H groups in total. The van der Waals surface area contributed by atoms with Crippen molar-refractivity contribution in [3.63, 3.8) is 0 Å². The number of nitrogens with two attached hydrogens (primary N) is 1. The molecule has 0 saturated heterocycles. The first-order valence-corrected chi connectivity index (χ1v) is 6.48. The number of benzene rings is 1. The van der Waals surface area contributed by atoms with Gasteiger partial charge < -0.3 is 9.47 Å². The Kier molecular flexibility index (Phi) is 4.44. The Balaban J connectivity index is 2.24. The van der Waals surface area contributed by atoms with Crippen LogP contribution in [-0.4, -0.2) is 14.2 Å². The van der Waals surface area contributed by atoms with E-state index in [-0.39, 0.29) is 6.04 Å². The number of methoxy groups -OCH3 is 2. The summed E-state index contributed by atoms with van der Waals surface area (Å²) in [6.07, 6.45) is 5.08. The Morgan fingerprint density at radius 2 is 1.83 bits per heavy atom. The van der Waals surface area contributed by atoms with Crippen molar-refractivity contribution in [3.05, 3.63) is 23.8 Å². The van der Waals surface area contributed by atoms with E-state index in [2.05, 4.69) is 11.5 Å². The van der Waals surface area contributed by atoms with Crippen LogP contribution in [0.25, 0.3) is 0 Å². The highest BCUT2D eigenvalue weighted by molar-refractivity contribution is 5.43. The van der Waals surface area contributed by atoms with Crippen LogP contribution >= 0.6 is 0 Å². The van der Waals surface area contributed by atoms with Crippen molar-refractivity contribution < 1.29 is 9.47 Å². The monoisotopic (exact) mass is 250 g/mol. The van der Waals surface area contributed by atoms with Crippen LogP contribution in [0.2, 0.25) is 0 Å². The van der Waals surface area contributed by atoms with Crippen molar-refractivity contribution in [2.75, 3.05) is 14.2 Å². The molecule has 4 heteroatoms. The molecule has 2 rings (SSSR count). The summed E-state index contributed by atoms with van der Waals surface area (Å²) in [6.45, 7) is 0.